The van der Waals surface area contributed by atoms with Gasteiger partial charge in [-0.15, -0.1) is 0 Å². The second-order valence-corrected chi connectivity index (χ2v) is 5.09. The van der Waals surface area contributed by atoms with Gasteiger partial charge in [0.2, 0.25) is 0 Å². The van der Waals surface area contributed by atoms with Crippen LogP contribution in [0, 0.1) is 5.82 Å². The van der Waals surface area contributed by atoms with Crippen molar-refractivity contribution in [1.29, 1.82) is 0 Å². The van der Waals surface area contributed by atoms with E-state index in [0.29, 0.717) is 22.2 Å². The van der Waals surface area contributed by atoms with Crippen molar-refractivity contribution in [1.82, 2.24) is 14.5 Å². The molecule has 3 rings (SSSR count). The van der Waals surface area contributed by atoms with Crippen LogP contribution in [0.2, 0.25) is 0 Å². The maximum atomic E-state index is 12.8. The van der Waals surface area contributed by atoms with E-state index in [1.54, 1.807) is 18.2 Å². The molecule has 2 aromatic heterocycles. The average Bonchev–Trinajstić information content (AvgIpc) is 2.87. The zero-order valence-corrected chi connectivity index (χ0v) is 12.6. The van der Waals surface area contributed by atoms with Crippen LogP contribution in [0.1, 0.15) is 17.3 Å². The molecule has 2 heterocycles. The number of benzene rings is 1. The van der Waals surface area contributed by atoms with Crippen molar-refractivity contribution in [3.63, 3.8) is 0 Å². The number of hydrogen-bond acceptors (Lipinski definition) is 5. The minimum absolute atomic E-state index is 0.0370. The summed E-state index contributed by atoms with van der Waals surface area (Å²) < 4.78 is 19.7. The minimum Gasteiger partial charge on any atom is -0.480 e. The molecule has 0 saturated heterocycles. The number of hydrogen-bond donors (Lipinski definition) is 1. The molecule has 0 fully saturated rings. The van der Waals surface area contributed by atoms with E-state index in [4.69, 9.17) is 9.84 Å². The number of ether oxygens (including phenoxy) is 1. The highest BCUT2D eigenvalue weighted by molar-refractivity contribution is 6.07. The first-order valence-corrected chi connectivity index (χ1v) is 6.95. The van der Waals surface area contributed by atoms with Gasteiger partial charge in [-0.1, -0.05) is 0 Å². The van der Waals surface area contributed by atoms with Gasteiger partial charge >= 0.3 is 12.0 Å². The summed E-state index contributed by atoms with van der Waals surface area (Å²) in [5.74, 6) is -1.44. The van der Waals surface area contributed by atoms with Crippen molar-refractivity contribution >= 4 is 22.7 Å². The van der Waals surface area contributed by atoms with Gasteiger partial charge in [0.1, 0.15) is 12.3 Å². The molecule has 0 aliphatic carbocycles. The Labute approximate surface area is 135 Å². The third-order valence-electron chi connectivity index (χ3n) is 3.34. The fraction of sp³-hybridized carbons (Fsp3) is 0.125. The number of halogens is 1. The third-order valence-corrected chi connectivity index (χ3v) is 3.34. The first kappa shape index (κ1) is 15.6. The zero-order valence-electron chi connectivity index (χ0n) is 12.6. The molecule has 0 saturated carbocycles. The lowest BCUT2D eigenvalue weighted by atomic mass is 10.1. The van der Waals surface area contributed by atoms with Gasteiger partial charge in [-0.25, -0.2) is 14.4 Å². The normalized spacial score (nSPS) is 10.8. The van der Waals surface area contributed by atoms with Crippen molar-refractivity contribution in [2.45, 2.75) is 13.5 Å². The van der Waals surface area contributed by atoms with E-state index in [-0.39, 0.29) is 18.3 Å². The van der Waals surface area contributed by atoms with Crippen molar-refractivity contribution < 1.29 is 23.8 Å². The van der Waals surface area contributed by atoms with Crippen LogP contribution in [0.3, 0.4) is 0 Å². The van der Waals surface area contributed by atoms with Crippen LogP contribution < -0.4 is 4.74 Å². The van der Waals surface area contributed by atoms with Crippen LogP contribution in [-0.4, -0.2) is 31.4 Å². The number of aliphatic carboxylic acids is 1. The quantitative estimate of drug-likeness (QED) is 0.723. The molecule has 7 nitrogen and oxygen atoms in total. The molecule has 0 aliphatic heterocycles. The highest BCUT2D eigenvalue weighted by Crippen LogP contribution is 2.28. The molecular formula is C16H12FN3O4. The van der Waals surface area contributed by atoms with Crippen LogP contribution in [0.15, 0.2) is 36.8 Å². The average molecular weight is 329 g/mol. The maximum Gasteiger partial charge on any atom is 0.323 e. The molecule has 0 spiro atoms. The number of carboxylic acids is 1. The second-order valence-electron chi connectivity index (χ2n) is 5.09. The number of fused-ring (bicyclic) bond motifs is 1. The van der Waals surface area contributed by atoms with Gasteiger partial charge in [0.05, 0.1) is 12.4 Å². The summed E-state index contributed by atoms with van der Waals surface area (Å²) in [4.78, 5) is 30.1. The second kappa shape index (κ2) is 6.07. The highest BCUT2D eigenvalue weighted by Gasteiger charge is 2.15. The molecule has 3 aromatic rings. The Morgan fingerprint density at radius 3 is 2.62 bits per heavy atom. The molecular weight excluding hydrogens is 317 g/mol. The van der Waals surface area contributed by atoms with Crippen molar-refractivity contribution in [2.24, 2.45) is 0 Å². The Kier molecular flexibility index (Phi) is 3.95. The summed E-state index contributed by atoms with van der Waals surface area (Å²) in [6.45, 7) is 1.14. The Bertz CT molecular complexity index is 934. The molecule has 0 atom stereocenters. The first-order chi connectivity index (χ1) is 11.4. The maximum absolute atomic E-state index is 12.8. The molecule has 0 unspecified atom stereocenters. The van der Waals surface area contributed by atoms with Gasteiger partial charge in [0.15, 0.2) is 11.6 Å². The minimum atomic E-state index is -1.01. The monoisotopic (exact) mass is 329 g/mol. The summed E-state index contributed by atoms with van der Waals surface area (Å²) >= 11 is 0. The Morgan fingerprint density at radius 1 is 1.29 bits per heavy atom. The van der Waals surface area contributed by atoms with Gasteiger partial charge in [0.25, 0.3) is 0 Å². The number of ketones is 1. The SMILES string of the molecule is CC(=O)c1cn(CC(=O)O)c2ccc(Oc3ncc(F)cn3)cc12. The van der Waals surface area contributed by atoms with Crippen molar-refractivity contribution in [2.75, 3.05) is 0 Å². The molecule has 24 heavy (non-hydrogen) atoms. The van der Waals surface area contributed by atoms with E-state index < -0.39 is 11.8 Å². The zero-order chi connectivity index (χ0) is 17.3. The summed E-state index contributed by atoms with van der Waals surface area (Å²) in [5.41, 5.74) is 0.978. The lowest BCUT2D eigenvalue weighted by Gasteiger charge is -2.05. The number of aromatic nitrogens is 3. The standard InChI is InChI=1S/C16H12FN3O4/c1-9(21)13-7-20(8-15(22)23)14-3-2-11(4-12(13)14)24-16-18-5-10(17)6-19-16/h2-7H,8H2,1H3,(H,22,23). The third kappa shape index (κ3) is 3.07. The number of nitrogens with zero attached hydrogens (tertiary/aromatic N) is 3. The van der Waals surface area contributed by atoms with Gasteiger partial charge in [-0.05, 0) is 25.1 Å². The summed E-state index contributed by atoms with van der Waals surface area (Å²) in [7, 11) is 0. The largest absolute Gasteiger partial charge is 0.480 e. The smallest absolute Gasteiger partial charge is 0.323 e. The highest BCUT2D eigenvalue weighted by atomic mass is 19.1. The van der Waals surface area contributed by atoms with Crippen LogP contribution in [0.25, 0.3) is 10.9 Å². The van der Waals surface area contributed by atoms with Gasteiger partial charge < -0.3 is 14.4 Å². The lowest BCUT2D eigenvalue weighted by molar-refractivity contribution is -0.137. The summed E-state index contributed by atoms with van der Waals surface area (Å²) in [6.07, 6.45) is 3.45. The summed E-state index contributed by atoms with van der Waals surface area (Å²) in [5, 5.41) is 9.53. The van der Waals surface area contributed by atoms with Crippen molar-refractivity contribution in [3.8, 4) is 11.8 Å². The van der Waals surface area contributed by atoms with Gasteiger partial charge in [0, 0.05) is 22.7 Å². The lowest BCUT2D eigenvalue weighted by Crippen LogP contribution is -2.07. The molecule has 1 aromatic carbocycles. The molecule has 0 aliphatic rings. The van der Waals surface area contributed by atoms with Gasteiger partial charge in [-0.3, -0.25) is 9.59 Å². The molecule has 0 radical (unpaired) electrons. The predicted octanol–water partition coefficient (Wildman–Crippen LogP) is 2.65. The fourth-order valence-electron chi connectivity index (χ4n) is 2.36. The van der Waals surface area contributed by atoms with Crippen LogP contribution in [0.4, 0.5) is 4.39 Å². The number of carboxylic acid groups (broad SMARTS) is 1. The van der Waals surface area contributed by atoms with Crippen LogP contribution in [-0.2, 0) is 11.3 Å². The molecule has 0 amide bonds. The Balaban J connectivity index is 2.02. The fourth-order valence-corrected chi connectivity index (χ4v) is 2.36. The van der Waals surface area contributed by atoms with E-state index >= 15 is 0 Å². The van der Waals surface area contributed by atoms with Crippen LogP contribution in [0.5, 0.6) is 11.8 Å². The predicted molar refractivity (Wildman–Crippen MR) is 81.6 cm³/mol. The number of Topliss-reactive ketones (excluding diaryl/α,β-unsaturated/α-hetero) is 1. The number of rotatable bonds is 5. The van der Waals surface area contributed by atoms with E-state index in [9.17, 15) is 14.0 Å². The van der Waals surface area contributed by atoms with E-state index in [2.05, 4.69) is 9.97 Å². The molecule has 1 N–H and O–H groups in total. The Morgan fingerprint density at radius 2 is 2.00 bits per heavy atom. The molecule has 0 bridgehead atoms. The van der Waals surface area contributed by atoms with Crippen LogP contribution >= 0.6 is 0 Å². The molecule has 122 valence electrons. The van der Waals surface area contributed by atoms with E-state index in [1.165, 1.54) is 17.7 Å². The van der Waals surface area contributed by atoms with Crippen molar-refractivity contribution in [3.05, 3.63) is 48.2 Å². The first-order valence-electron chi connectivity index (χ1n) is 6.95. The topological polar surface area (TPSA) is 94.3 Å². The Hall–Kier alpha value is -3.29. The molecule has 8 heteroatoms. The van der Waals surface area contributed by atoms with E-state index in [1.807, 2.05) is 0 Å². The van der Waals surface area contributed by atoms with E-state index in [0.717, 1.165) is 12.4 Å². The van der Waals surface area contributed by atoms with Gasteiger partial charge in [-0.2, -0.15) is 0 Å². The number of carbonyl (C=O) groups excluding carboxylic acids is 1. The number of carbonyl (C=O) groups is 2. The summed E-state index contributed by atoms with van der Waals surface area (Å²) in [6, 6.07) is 4.79.